The maximum Gasteiger partial charge on any atom is 0.103 e. The van der Waals surface area contributed by atoms with E-state index >= 15 is 0 Å². The molecule has 2 aliphatic rings. The normalized spacial score (nSPS) is 21.1. The Balaban J connectivity index is 2.16. The summed E-state index contributed by atoms with van der Waals surface area (Å²) in [7, 11) is 1.73. The molecule has 0 unspecified atom stereocenters. The molecule has 21 heavy (non-hydrogen) atoms. The van der Waals surface area contributed by atoms with Crippen molar-refractivity contribution in [1.82, 2.24) is 0 Å². The molecule has 2 rings (SSSR count). The number of fused-ring (bicyclic) bond motifs is 1. The molecule has 2 aliphatic carbocycles. The number of ether oxygens (including phenoxy) is 2. The largest absolute Gasteiger partial charge is 0.385 e. The van der Waals surface area contributed by atoms with Gasteiger partial charge in [0.05, 0.1) is 5.60 Å². The predicted octanol–water partition coefficient (Wildman–Crippen LogP) is 4.74. The molecular weight excluding hydrogens is 260 g/mol. The van der Waals surface area contributed by atoms with Gasteiger partial charge in [-0.1, -0.05) is 24.3 Å². The lowest BCUT2D eigenvalue weighted by Gasteiger charge is -2.34. The second-order valence-electron chi connectivity index (χ2n) is 6.70. The standard InChI is InChI=1S/C19H28O2/c1-18(2,14-15-20-4)21-19(3)12-10-16-8-6-5-7-9-17(16)11-13-19/h8-13H,5-7,14-15H2,1-4H3. The first-order chi connectivity index (χ1) is 9.94. The predicted molar refractivity (Wildman–Crippen MR) is 88.4 cm³/mol. The second-order valence-corrected chi connectivity index (χ2v) is 6.70. The zero-order valence-electron chi connectivity index (χ0n) is 13.8. The van der Waals surface area contributed by atoms with Crippen molar-refractivity contribution in [2.75, 3.05) is 13.7 Å². The van der Waals surface area contributed by atoms with E-state index in [0.29, 0.717) is 6.61 Å². The highest BCUT2D eigenvalue weighted by atomic mass is 16.5. The van der Waals surface area contributed by atoms with Crippen LogP contribution in [-0.4, -0.2) is 24.9 Å². The Morgan fingerprint density at radius 1 is 1.10 bits per heavy atom. The summed E-state index contributed by atoms with van der Waals surface area (Å²) in [5, 5.41) is 0. The van der Waals surface area contributed by atoms with Crippen LogP contribution in [0.1, 0.15) is 46.5 Å². The molecule has 0 saturated carbocycles. The topological polar surface area (TPSA) is 18.5 Å². The molecule has 0 atom stereocenters. The highest BCUT2D eigenvalue weighted by Crippen LogP contribution is 2.31. The van der Waals surface area contributed by atoms with Gasteiger partial charge in [0.2, 0.25) is 0 Å². The Kier molecular flexibility index (Phi) is 5.23. The van der Waals surface area contributed by atoms with Gasteiger partial charge in [0, 0.05) is 13.7 Å². The summed E-state index contributed by atoms with van der Waals surface area (Å²) >= 11 is 0. The van der Waals surface area contributed by atoms with E-state index in [2.05, 4.69) is 57.2 Å². The molecule has 0 bridgehead atoms. The number of methoxy groups -OCH3 is 1. The highest BCUT2D eigenvalue weighted by molar-refractivity contribution is 5.50. The minimum Gasteiger partial charge on any atom is -0.385 e. The molecule has 0 aromatic rings. The van der Waals surface area contributed by atoms with Crippen LogP contribution < -0.4 is 0 Å². The third-order valence-electron chi connectivity index (χ3n) is 4.06. The van der Waals surface area contributed by atoms with Gasteiger partial charge < -0.3 is 9.47 Å². The van der Waals surface area contributed by atoms with Crippen LogP contribution in [0.15, 0.2) is 47.6 Å². The Labute approximate surface area is 129 Å². The van der Waals surface area contributed by atoms with Gasteiger partial charge in [-0.2, -0.15) is 0 Å². The van der Waals surface area contributed by atoms with Gasteiger partial charge in [-0.3, -0.25) is 0 Å². The second kappa shape index (κ2) is 6.76. The van der Waals surface area contributed by atoms with Gasteiger partial charge in [-0.05, 0) is 69.8 Å². The van der Waals surface area contributed by atoms with E-state index in [1.165, 1.54) is 17.6 Å². The van der Waals surface area contributed by atoms with Crippen LogP contribution in [0.25, 0.3) is 0 Å². The van der Waals surface area contributed by atoms with Gasteiger partial charge in [-0.15, -0.1) is 0 Å². The lowest BCUT2D eigenvalue weighted by Crippen LogP contribution is -2.37. The minimum absolute atomic E-state index is 0.214. The van der Waals surface area contributed by atoms with Gasteiger partial charge >= 0.3 is 0 Å². The van der Waals surface area contributed by atoms with Gasteiger partial charge in [0.1, 0.15) is 5.60 Å². The molecule has 2 heteroatoms. The fourth-order valence-electron chi connectivity index (χ4n) is 2.83. The number of hydrogen-bond acceptors (Lipinski definition) is 2. The molecule has 0 N–H and O–H groups in total. The van der Waals surface area contributed by atoms with E-state index in [1.807, 2.05) is 0 Å². The average molecular weight is 288 g/mol. The van der Waals surface area contributed by atoms with Crippen molar-refractivity contribution in [3.05, 3.63) is 47.6 Å². The molecule has 0 saturated heterocycles. The lowest BCUT2D eigenvalue weighted by atomic mass is 10.0. The Morgan fingerprint density at radius 3 is 2.19 bits per heavy atom. The SMILES string of the molecule is COCCC(C)(C)OC1(C)C=CC2=CCCCC=C2C=C1. The molecule has 2 nitrogen and oxygen atoms in total. The zero-order valence-corrected chi connectivity index (χ0v) is 13.8. The van der Waals surface area contributed by atoms with Crippen LogP contribution in [0.4, 0.5) is 0 Å². The number of hydrogen-bond donors (Lipinski definition) is 0. The van der Waals surface area contributed by atoms with Crippen molar-refractivity contribution >= 4 is 0 Å². The van der Waals surface area contributed by atoms with E-state index in [1.54, 1.807) is 7.11 Å². The Morgan fingerprint density at radius 2 is 1.67 bits per heavy atom. The Hall–Kier alpha value is -1.12. The molecule has 0 aromatic heterocycles. The lowest BCUT2D eigenvalue weighted by molar-refractivity contribution is -0.0937. The minimum atomic E-state index is -0.370. The molecule has 0 amide bonds. The number of allylic oxidation sites excluding steroid dienone is 6. The maximum absolute atomic E-state index is 6.38. The Bertz CT molecular complexity index is 448. The van der Waals surface area contributed by atoms with E-state index in [-0.39, 0.29) is 11.2 Å². The maximum atomic E-state index is 6.38. The van der Waals surface area contributed by atoms with E-state index in [4.69, 9.17) is 9.47 Å². The summed E-state index contributed by atoms with van der Waals surface area (Å²) < 4.78 is 11.6. The molecule has 0 spiro atoms. The van der Waals surface area contributed by atoms with Crippen LogP contribution in [-0.2, 0) is 9.47 Å². The van der Waals surface area contributed by atoms with Crippen LogP contribution in [0, 0.1) is 0 Å². The highest BCUT2D eigenvalue weighted by Gasteiger charge is 2.30. The summed E-state index contributed by atoms with van der Waals surface area (Å²) in [6.07, 6.45) is 17.9. The first-order valence-electron chi connectivity index (χ1n) is 7.92. The van der Waals surface area contributed by atoms with Gasteiger partial charge in [-0.25, -0.2) is 0 Å². The first kappa shape index (κ1) is 16.3. The summed E-state index contributed by atoms with van der Waals surface area (Å²) in [4.78, 5) is 0. The summed E-state index contributed by atoms with van der Waals surface area (Å²) in [5.41, 5.74) is 2.07. The third kappa shape index (κ3) is 4.69. The van der Waals surface area contributed by atoms with Crippen molar-refractivity contribution in [2.24, 2.45) is 0 Å². The molecule has 0 aromatic carbocycles. The van der Waals surface area contributed by atoms with Crippen molar-refractivity contribution in [2.45, 2.75) is 57.7 Å². The van der Waals surface area contributed by atoms with Crippen LogP contribution in [0.2, 0.25) is 0 Å². The van der Waals surface area contributed by atoms with Crippen molar-refractivity contribution in [1.29, 1.82) is 0 Å². The first-order valence-corrected chi connectivity index (χ1v) is 7.92. The van der Waals surface area contributed by atoms with Gasteiger partial charge in [0.25, 0.3) is 0 Å². The molecular formula is C19H28O2. The monoisotopic (exact) mass is 288 g/mol. The fraction of sp³-hybridized carbons (Fsp3) is 0.579. The third-order valence-corrected chi connectivity index (χ3v) is 4.06. The summed E-state index contributed by atoms with van der Waals surface area (Å²) in [6.45, 7) is 7.09. The summed E-state index contributed by atoms with van der Waals surface area (Å²) in [6, 6.07) is 0. The number of rotatable bonds is 5. The quantitative estimate of drug-likeness (QED) is 0.727. The zero-order chi connectivity index (χ0) is 15.3. The van der Waals surface area contributed by atoms with Crippen LogP contribution in [0.3, 0.4) is 0 Å². The molecule has 0 radical (unpaired) electrons. The van der Waals surface area contributed by atoms with Crippen molar-refractivity contribution in [3.8, 4) is 0 Å². The van der Waals surface area contributed by atoms with Crippen molar-refractivity contribution < 1.29 is 9.47 Å². The molecule has 0 aliphatic heterocycles. The fourth-order valence-corrected chi connectivity index (χ4v) is 2.83. The van der Waals surface area contributed by atoms with Crippen molar-refractivity contribution in [3.63, 3.8) is 0 Å². The van der Waals surface area contributed by atoms with Gasteiger partial charge in [0.15, 0.2) is 0 Å². The van der Waals surface area contributed by atoms with Crippen LogP contribution in [0.5, 0.6) is 0 Å². The average Bonchev–Trinajstić information content (AvgIpc) is 2.72. The molecule has 0 heterocycles. The molecule has 116 valence electrons. The van der Waals surface area contributed by atoms with Crippen LogP contribution >= 0.6 is 0 Å². The van der Waals surface area contributed by atoms with E-state index in [9.17, 15) is 0 Å². The van der Waals surface area contributed by atoms with E-state index in [0.717, 1.165) is 19.3 Å². The molecule has 0 fully saturated rings. The summed E-state index contributed by atoms with van der Waals surface area (Å²) in [5.74, 6) is 0. The van der Waals surface area contributed by atoms with E-state index < -0.39 is 0 Å². The smallest absolute Gasteiger partial charge is 0.103 e.